The topological polar surface area (TPSA) is 42.5 Å². The van der Waals surface area contributed by atoms with Gasteiger partial charge in [0.2, 0.25) is 0 Å². The van der Waals surface area contributed by atoms with Gasteiger partial charge in [0.15, 0.2) is 5.11 Å². The molecule has 0 spiro atoms. The number of hydrogen-bond donors (Lipinski definition) is 2. The van der Waals surface area contributed by atoms with Crippen molar-refractivity contribution in [1.29, 1.82) is 0 Å². The van der Waals surface area contributed by atoms with Crippen molar-refractivity contribution >= 4 is 23.0 Å². The summed E-state index contributed by atoms with van der Waals surface area (Å²) in [6.07, 6.45) is 8.54. The highest BCUT2D eigenvalue weighted by Gasteiger charge is 2.53. The number of thiocarbonyl (C=S) groups is 1. The van der Waals surface area contributed by atoms with Crippen LogP contribution in [-0.4, -0.2) is 25.4 Å². The van der Waals surface area contributed by atoms with E-state index in [1.54, 1.807) is 14.2 Å². The molecule has 5 rings (SSSR count). The van der Waals surface area contributed by atoms with Gasteiger partial charge in [-0.25, -0.2) is 0 Å². The molecule has 1 atom stereocenters. The van der Waals surface area contributed by atoms with E-state index >= 15 is 0 Å². The second-order valence-electron chi connectivity index (χ2n) is 8.67. The van der Waals surface area contributed by atoms with Crippen molar-refractivity contribution in [3.8, 4) is 11.5 Å². The first kappa shape index (κ1) is 17.9. The predicted molar refractivity (Wildman–Crippen MR) is 109 cm³/mol. The molecule has 0 saturated heterocycles. The van der Waals surface area contributed by atoms with Crippen LogP contribution >= 0.6 is 12.2 Å². The molecule has 4 saturated carbocycles. The first-order valence-electron chi connectivity index (χ1n) is 9.81. The van der Waals surface area contributed by atoms with Gasteiger partial charge in [-0.1, -0.05) is 0 Å². The van der Waals surface area contributed by atoms with E-state index in [0.717, 1.165) is 34.9 Å². The van der Waals surface area contributed by atoms with Crippen molar-refractivity contribution in [1.82, 2.24) is 5.32 Å². The zero-order valence-corrected chi connectivity index (χ0v) is 16.8. The van der Waals surface area contributed by atoms with Gasteiger partial charge in [-0.3, -0.25) is 0 Å². The van der Waals surface area contributed by atoms with Crippen LogP contribution in [-0.2, 0) is 0 Å². The molecule has 1 aromatic rings. The van der Waals surface area contributed by atoms with Gasteiger partial charge in [0.1, 0.15) is 11.5 Å². The maximum absolute atomic E-state index is 5.63. The van der Waals surface area contributed by atoms with E-state index in [4.69, 9.17) is 21.7 Å². The van der Waals surface area contributed by atoms with Crippen LogP contribution in [0.2, 0.25) is 0 Å². The standard InChI is InChI=1S/C21H30N2O2S/c1-13(21-10-14-6-15(11-21)8-16(7-14)12-21)22-20(26)23-18-5-4-17(24-2)9-19(18)25-3/h4-5,9,13-16H,6-8,10-12H2,1-3H3,(H2,22,23,26). The van der Waals surface area contributed by atoms with Gasteiger partial charge < -0.3 is 20.1 Å². The highest BCUT2D eigenvalue weighted by atomic mass is 32.1. The Balaban J connectivity index is 1.42. The third-order valence-electron chi connectivity index (χ3n) is 7.01. The molecule has 4 aliphatic rings. The number of benzene rings is 1. The summed E-state index contributed by atoms with van der Waals surface area (Å²) >= 11 is 5.63. The summed E-state index contributed by atoms with van der Waals surface area (Å²) in [5.74, 6) is 4.36. The lowest BCUT2D eigenvalue weighted by Gasteiger charge is -2.59. The lowest BCUT2D eigenvalue weighted by atomic mass is 9.48. The third-order valence-corrected chi connectivity index (χ3v) is 7.23. The van der Waals surface area contributed by atoms with E-state index in [9.17, 15) is 0 Å². The molecule has 1 aromatic carbocycles. The quantitative estimate of drug-likeness (QED) is 0.738. The van der Waals surface area contributed by atoms with Crippen LogP contribution in [0, 0.1) is 23.2 Å². The smallest absolute Gasteiger partial charge is 0.171 e. The first-order chi connectivity index (χ1) is 12.5. The van der Waals surface area contributed by atoms with Gasteiger partial charge in [-0.05, 0) is 93.0 Å². The molecule has 2 N–H and O–H groups in total. The van der Waals surface area contributed by atoms with Crippen LogP contribution < -0.4 is 20.1 Å². The van der Waals surface area contributed by atoms with Crippen molar-refractivity contribution in [2.45, 2.75) is 51.5 Å². The lowest BCUT2D eigenvalue weighted by Crippen LogP contribution is -2.56. The lowest BCUT2D eigenvalue weighted by molar-refractivity contribution is -0.0671. The van der Waals surface area contributed by atoms with Gasteiger partial charge in [-0.15, -0.1) is 0 Å². The Morgan fingerprint density at radius 3 is 2.23 bits per heavy atom. The van der Waals surface area contributed by atoms with E-state index in [-0.39, 0.29) is 0 Å². The van der Waals surface area contributed by atoms with Gasteiger partial charge in [0.25, 0.3) is 0 Å². The Morgan fingerprint density at radius 1 is 1.08 bits per heavy atom. The fourth-order valence-electron chi connectivity index (χ4n) is 6.12. The molecule has 0 heterocycles. The zero-order valence-electron chi connectivity index (χ0n) is 16.0. The number of rotatable bonds is 5. The SMILES string of the molecule is COc1ccc(NC(=S)NC(C)C23CC4CC(CC(C4)C2)C3)c(OC)c1. The highest BCUT2D eigenvalue weighted by Crippen LogP contribution is 2.61. The summed E-state index contributed by atoms with van der Waals surface area (Å²) in [4.78, 5) is 0. The summed E-state index contributed by atoms with van der Waals surface area (Å²) in [5, 5.41) is 7.59. The second-order valence-corrected chi connectivity index (χ2v) is 9.07. The van der Waals surface area contributed by atoms with Crippen molar-refractivity contribution in [2.24, 2.45) is 23.2 Å². The van der Waals surface area contributed by atoms with E-state index in [1.807, 2.05) is 18.2 Å². The molecule has 4 aliphatic carbocycles. The van der Waals surface area contributed by atoms with Gasteiger partial charge >= 0.3 is 0 Å². The average Bonchev–Trinajstić information content (AvgIpc) is 2.60. The monoisotopic (exact) mass is 374 g/mol. The maximum Gasteiger partial charge on any atom is 0.171 e. The van der Waals surface area contributed by atoms with E-state index in [2.05, 4.69) is 17.6 Å². The van der Waals surface area contributed by atoms with Crippen LogP contribution in [0.3, 0.4) is 0 Å². The summed E-state index contributed by atoms with van der Waals surface area (Å²) in [5.41, 5.74) is 1.30. The Kier molecular flexibility index (Phi) is 4.76. The minimum absolute atomic E-state index is 0.403. The Hall–Kier alpha value is -1.49. The van der Waals surface area contributed by atoms with Crippen molar-refractivity contribution < 1.29 is 9.47 Å². The summed E-state index contributed by atoms with van der Waals surface area (Å²) < 4.78 is 10.7. The van der Waals surface area contributed by atoms with Gasteiger partial charge in [0.05, 0.1) is 19.9 Å². The Bertz CT molecular complexity index is 655. The number of methoxy groups -OCH3 is 2. The molecule has 26 heavy (non-hydrogen) atoms. The molecular weight excluding hydrogens is 344 g/mol. The fourth-order valence-corrected chi connectivity index (χ4v) is 6.40. The summed E-state index contributed by atoms with van der Waals surface area (Å²) in [6.45, 7) is 2.33. The second kappa shape index (κ2) is 6.91. The Labute approximate surface area is 162 Å². The van der Waals surface area contributed by atoms with Crippen molar-refractivity contribution in [2.75, 3.05) is 19.5 Å². The molecule has 0 radical (unpaired) electrons. The summed E-state index contributed by atoms with van der Waals surface area (Å²) in [6, 6.07) is 6.13. The number of ether oxygens (including phenoxy) is 2. The largest absolute Gasteiger partial charge is 0.497 e. The van der Waals surface area contributed by atoms with E-state index in [1.165, 1.54) is 38.5 Å². The molecular formula is C21H30N2O2S. The molecule has 4 nitrogen and oxygen atoms in total. The van der Waals surface area contributed by atoms with Crippen LogP contribution in [0.1, 0.15) is 45.4 Å². The van der Waals surface area contributed by atoms with Gasteiger partial charge in [0, 0.05) is 12.1 Å². The first-order valence-corrected chi connectivity index (χ1v) is 10.2. The minimum atomic E-state index is 0.403. The van der Waals surface area contributed by atoms with Crippen molar-refractivity contribution in [3.63, 3.8) is 0 Å². The molecule has 5 heteroatoms. The third kappa shape index (κ3) is 3.26. The molecule has 4 fully saturated rings. The fraction of sp³-hybridized carbons (Fsp3) is 0.667. The zero-order chi connectivity index (χ0) is 18.3. The predicted octanol–water partition coefficient (Wildman–Crippen LogP) is 4.60. The number of hydrogen-bond acceptors (Lipinski definition) is 3. The van der Waals surface area contributed by atoms with Crippen LogP contribution in [0.5, 0.6) is 11.5 Å². The number of anilines is 1. The molecule has 142 valence electrons. The molecule has 0 aromatic heterocycles. The van der Waals surface area contributed by atoms with Crippen LogP contribution in [0.4, 0.5) is 5.69 Å². The van der Waals surface area contributed by atoms with Gasteiger partial charge in [-0.2, -0.15) is 0 Å². The molecule has 4 bridgehead atoms. The normalized spacial score (nSPS) is 32.8. The number of nitrogens with one attached hydrogen (secondary N) is 2. The van der Waals surface area contributed by atoms with E-state index < -0.39 is 0 Å². The summed E-state index contributed by atoms with van der Waals surface area (Å²) in [7, 11) is 3.32. The minimum Gasteiger partial charge on any atom is -0.497 e. The van der Waals surface area contributed by atoms with E-state index in [0.29, 0.717) is 16.6 Å². The highest BCUT2D eigenvalue weighted by molar-refractivity contribution is 7.80. The molecule has 1 unspecified atom stereocenters. The van der Waals surface area contributed by atoms with Crippen molar-refractivity contribution in [3.05, 3.63) is 18.2 Å². The molecule has 0 amide bonds. The van der Waals surface area contributed by atoms with Crippen LogP contribution in [0.25, 0.3) is 0 Å². The van der Waals surface area contributed by atoms with Crippen LogP contribution in [0.15, 0.2) is 18.2 Å². The Morgan fingerprint density at radius 2 is 1.69 bits per heavy atom. The average molecular weight is 375 g/mol. The molecule has 0 aliphatic heterocycles. The maximum atomic E-state index is 5.63.